The van der Waals surface area contributed by atoms with Gasteiger partial charge in [-0.15, -0.1) is 6.58 Å². The van der Waals surface area contributed by atoms with E-state index in [9.17, 15) is 4.79 Å². The number of amides is 1. The van der Waals surface area contributed by atoms with Gasteiger partial charge in [0.05, 0.1) is 0 Å². The normalized spacial score (nSPS) is 23.5. The zero-order valence-electron chi connectivity index (χ0n) is 11.9. The van der Waals surface area contributed by atoms with Crippen molar-refractivity contribution in [3.8, 4) is 0 Å². The van der Waals surface area contributed by atoms with Gasteiger partial charge in [0.1, 0.15) is 0 Å². The Bertz CT molecular complexity index is 505. The highest BCUT2D eigenvalue weighted by Gasteiger charge is 2.28. The molecular weight excluding hydrogens is 248 g/mol. The summed E-state index contributed by atoms with van der Waals surface area (Å²) in [6.45, 7) is 7.98. The van der Waals surface area contributed by atoms with E-state index >= 15 is 0 Å². The Morgan fingerprint density at radius 3 is 2.80 bits per heavy atom. The topological polar surface area (TPSA) is 23.6 Å². The van der Waals surface area contributed by atoms with Gasteiger partial charge in [-0.25, -0.2) is 0 Å². The van der Waals surface area contributed by atoms with Crippen LogP contribution < -0.4 is 4.90 Å². The standard InChI is InChI=1S/C17H22N2O/c1-2-14-11-17(20)19(13-14)16-7-5-6-15(10-16)12-18-8-3-4-9-18/h2,5-7,10,14H,1,3-4,8-9,11-13H2. The van der Waals surface area contributed by atoms with Crippen molar-refractivity contribution >= 4 is 11.6 Å². The fraction of sp³-hybridized carbons (Fsp3) is 0.471. The van der Waals surface area contributed by atoms with E-state index in [0.29, 0.717) is 12.3 Å². The molecule has 0 radical (unpaired) electrons. The molecule has 0 saturated carbocycles. The van der Waals surface area contributed by atoms with Crippen molar-refractivity contribution < 1.29 is 4.79 Å². The molecule has 1 unspecified atom stereocenters. The third-order valence-electron chi connectivity index (χ3n) is 4.32. The van der Waals surface area contributed by atoms with Crippen molar-refractivity contribution in [1.82, 2.24) is 4.90 Å². The molecule has 0 N–H and O–H groups in total. The molecule has 0 spiro atoms. The van der Waals surface area contributed by atoms with E-state index in [-0.39, 0.29) is 5.91 Å². The van der Waals surface area contributed by atoms with Crippen molar-refractivity contribution in [3.05, 3.63) is 42.5 Å². The number of likely N-dealkylation sites (tertiary alicyclic amines) is 1. The summed E-state index contributed by atoms with van der Waals surface area (Å²) >= 11 is 0. The van der Waals surface area contributed by atoms with E-state index < -0.39 is 0 Å². The maximum Gasteiger partial charge on any atom is 0.227 e. The van der Waals surface area contributed by atoms with Gasteiger partial charge in [-0.3, -0.25) is 9.69 Å². The second-order valence-corrected chi connectivity index (χ2v) is 5.86. The van der Waals surface area contributed by atoms with Gasteiger partial charge in [0.15, 0.2) is 0 Å². The number of anilines is 1. The summed E-state index contributed by atoms with van der Waals surface area (Å²) in [5.41, 5.74) is 2.34. The summed E-state index contributed by atoms with van der Waals surface area (Å²) in [5, 5.41) is 0. The minimum Gasteiger partial charge on any atom is -0.312 e. The summed E-state index contributed by atoms with van der Waals surface area (Å²) in [7, 11) is 0. The Kier molecular flexibility index (Phi) is 3.88. The maximum atomic E-state index is 12.1. The molecule has 2 aliphatic rings. The first kappa shape index (κ1) is 13.4. The Hall–Kier alpha value is -1.61. The third-order valence-corrected chi connectivity index (χ3v) is 4.32. The Morgan fingerprint density at radius 2 is 2.10 bits per heavy atom. The first-order valence-electron chi connectivity index (χ1n) is 7.50. The van der Waals surface area contributed by atoms with E-state index in [4.69, 9.17) is 0 Å². The van der Waals surface area contributed by atoms with Crippen LogP contribution in [0.2, 0.25) is 0 Å². The molecule has 2 heterocycles. The Labute approximate surface area is 120 Å². The number of carbonyl (C=O) groups is 1. The average molecular weight is 270 g/mol. The molecule has 0 aromatic heterocycles. The molecule has 1 amide bonds. The molecule has 2 aliphatic heterocycles. The fourth-order valence-corrected chi connectivity index (χ4v) is 3.16. The molecule has 106 valence electrons. The van der Waals surface area contributed by atoms with Crippen LogP contribution in [0.1, 0.15) is 24.8 Å². The van der Waals surface area contributed by atoms with Crippen LogP contribution in [0.25, 0.3) is 0 Å². The maximum absolute atomic E-state index is 12.1. The van der Waals surface area contributed by atoms with Crippen LogP contribution in [0.4, 0.5) is 5.69 Å². The van der Waals surface area contributed by atoms with Gasteiger partial charge < -0.3 is 4.90 Å². The summed E-state index contributed by atoms with van der Waals surface area (Å²) in [5.74, 6) is 0.512. The number of rotatable bonds is 4. The molecule has 2 saturated heterocycles. The van der Waals surface area contributed by atoms with E-state index in [1.165, 1.54) is 31.5 Å². The largest absolute Gasteiger partial charge is 0.312 e. The quantitative estimate of drug-likeness (QED) is 0.785. The van der Waals surface area contributed by atoms with Crippen LogP contribution in [0.5, 0.6) is 0 Å². The average Bonchev–Trinajstić information content (AvgIpc) is 3.08. The lowest BCUT2D eigenvalue weighted by molar-refractivity contribution is -0.117. The van der Waals surface area contributed by atoms with Gasteiger partial charge in [0, 0.05) is 31.1 Å². The molecule has 0 aliphatic carbocycles. The van der Waals surface area contributed by atoms with E-state index in [1.54, 1.807) is 0 Å². The van der Waals surface area contributed by atoms with Crippen LogP contribution in [-0.4, -0.2) is 30.4 Å². The van der Waals surface area contributed by atoms with Crippen LogP contribution in [0.15, 0.2) is 36.9 Å². The molecule has 20 heavy (non-hydrogen) atoms. The molecule has 3 rings (SSSR count). The molecule has 1 aromatic carbocycles. The van der Waals surface area contributed by atoms with Crippen LogP contribution >= 0.6 is 0 Å². The van der Waals surface area contributed by atoms with Crippen LogP contribution in [-0.2, 0) is 11.3 Å². The summed E-state index contributed by atoms with van der Waals surface area (Å²) in [6, 6.07) is 8.43. The number of benzene rings is 1. The Balaban J connectivity index is 1.73. The molecule has 1 atom stereocenters. The zero-order chi connectivity index (χ0) is 13.9. The van der Waals surface area contributed by atoms with E-state index in [1.807, 2.05) is 17.0 Å². The first-order valence-corrected chi connectivity index (χ1v) is 7.50. The van der Waals surface area contributed by atoms with Gasteiger partial charge >= 0.3 is 0 Å². The lowest BCUT2D eigenvalue weighted by Gasteiger charge is -2.19. The molecule has 3 heteroatoms. The highest BCUT2D eigenvalue weighted by Crippen LogP contribution is 2.26. The SMILES string of the molecule is C=CC1CC(=O)N(c2cccc(CN3CCCC3)c2)C1. The number of carbonyl (C=O) groups excluding carboxylic acids is 1. The predicted molar refractivity (Wildman–Crippen MR) is 81.6 cm³/mol. The third kappa shape index (κ3) is 2.78. The Morgan fingerprint density at radius 1 is 1.30 bits per heavy atom. The van der Waals surface area contributed by atoms with E-state index in [0.717, 1.165) is 18.8 Å². The van der Waals surface area contributed by atoms with Gasteiger partial charge in [0.25, 0.3) is 0 Å². The van der Waals surface area contributed by atoms with E-state index in [2.05, 4.69) is 29.7 Å². The van der Waals surface area contributed by atoms with Crippen LogP contribution in [0, 0.1) is 5.92 Å². The van der Waals surface area contributed by atoms with Crippen molar-refractivity contribution in [1.29, 1.82) is 0 Å². The molecule has 1 aromatic rings. The lowest BCUT2D eigenvalue weighted by Crippen LogP contribution is -2.24. The number of hydrogen-bond acceptors (Lipinski definition) is 2. The number of hydrogen-bond donors (Lipinski definition) is 0. The highest BCUT2D eigenvalue weighted by molar-refractivity contribution is 5.96. The summed E-state index contributed by atoms with van der Waals surface area (Å²) in [6.07, 6.45) is 5.11. The highest BCUT2D eigenvalue weighted by atomic mass is 16.2. The van der Waals surface area contributed by atoms with Crippen LogP contribution in [0.3, 0.4) is 0 Å². The van der Waals surface area contributed by atoms with Crippen molar-refractivity contribution in [2.24, 2.45) is 5.92 Å². The van der Waals surface area contributed by atoms with Crippen molar-refractivity contribution in [2.45, 2.75) is 25.8 Å². The molecule has 3 nitrogen and oxygen atoms in total. The summed E-state index contributed by atoms with van der Waals surface area (Å²) < 4.78 is 0. The van der Waals surface area contributed by atoms with Gasteiger partial charge in [0.2, 0.25) is 5.91 Å². The second-order valence-electron chi connectivity index (χ2n) is 5.86. The first-order chi connectivity index (χ1) is 9.76. The van der Waals surface area contributed by atoms with Gasteiger partial charge in [-0.1, -0.05) is 18.2 Å². The predicted octanol–water partition coefficient (Wildman–Crippen LogP) is 2.82. The second kappa shape index (κ2) is 5.80. The number of nitrogens with zero attached hydrogens (tertiary/aromatic N) is 2. The van der Waals surface area contributed by atoms with Gasteiger partial charge in [-0.2, -0.15) is 0 Å². The smallest absolute Gasteiger partial charge is 0.227 e. The molecule has 0 bridgehead atoms. The summed E-state index contributed by atoms with van der Waals surface area (Å²) in [4.78, 5) is 16.5. The minimum absolute atomic E-state index is 0.216. The minimum atomic E-state index is 0.216. The van der Waals surface area contributed by atoms with Crippen molar-refractivity contribution in [3.63, 3.8) is 0 Å². The monoisotopic (exact) mass is 270 g/mol. The fourth-order valence-electron chi connectivity index (χ4n) is 3.16. The molecule has 2 fully saturated rings. The van der Waals surface area contributed by atoms with Crippen molar-refractivity contribution in [2.75, 3.05) is 24.5 Å². The lowest BCUT2D eigenvalue weighted by atomic mass is 10.1. The molecular formula is C17H22N2O. The van der Waals surface area contributed by atoms with Gasteiger partial charge in [-0.05, 0) is 43.6 Å². The zero-order valence-corrected chi connectivity index (χ0v) is 11.9.